The largest absolute Gasteiger partial charge is 0.369 e. The molecule has 3 rings (SSSR count). The van der Waals surface area contributed by atoms with Crippen LogP contribution in [0.3, 0.4) is 0 Å². The summed E-state index contributed by atoms with van der Waals surface area (Å²) in [7, 11) is 0. The normalized spacial score (nSPS) is 14.9. The van der Waals surface area contributed by atoms with Crippen molar-refractivity contribution in [1.82, 2.24) is 0 Å². The van der Waals surface area contributed by atoms with Gasteiger partial charge in [0.15, 0.2) is 5.78 Å². The number of allylic oxidation sites excluding steroid dienone is 1. The topological polar surface area (TPSA) is 20.3 Å². The van der Waals surface area contributed by atoms with Crippen molar-refractivity contribution in [1.29, 1.82) is 0 Å². The highest BCUT2D eigenvalue weighted by molar-refractivity contribution is 6.18. The monoisotopic (exact) mass is 359 g/mol. The van der Waals surface area contributed by atoms with E-state index in [1.165, 1.54) is 0 Å². The van der Waals surface area contributed by atoms with Gasteiger partial charge in [0.05, 0.1) is 0 Å². The number of hydrogen-bond donors (Lipinski definition) is 0. The zero-order chi connectivity index (χ0) is 16.9. The predicted molar refractivity (Wildman–Crippen MR) is 103 cm³/mol. The molecule has 0 radical (unpaired) electrons. The molecule has 2 nitrogen and oxygen atoms in total. The molecule has 1 aliphatic carbocycles. The zero-order valence-electron chi connectivity index (χ0n) is 13.3. The lowest BCUT2D eigenvalue weighted by Gasteiger charge is -2.22. The Morgan fingerprint density at radius 2 is 1.62 bits per heavy atom. The molecular formula is C20H19Cl2NO. The molecule has 4 heteroatoms. The summed E-state index contributed by atoms with van der Waals surface area (Å²) < 4.78 is 0. The Kier molecular flexibility index (Phi) is 5.60. The molecule has 0 N–H and O–H groups in total. The highest BCUT2D eigenvalue weighted by atomic mass is 35.5. The van der Waals surface area contributed by atoms with Crippen LogP contribution in [0.4, 0.5) is 5.69 Å². The number of nitrogens with zero attached hydrogens (tertiary/aromatic N) is 1. The second-order valence-corrected chi connectivity index (χ2v) is 6.55. The van der Waals surface area contributed by atoms with Gasteiger partial charge >= 0.3 is 0 Å². The number of halogens is 2. The minimum Gasteiger partial charge on any atom is -0.369 e. The predicted octanol–water partition coefficient (Wildman–Crippen LogP) is 4.79. The summed E-state index contributed by atoms with van der Waals surface area (Å²) >= 11 is 11.7. The first-order valence-electron chi connectivity index (χ1n) is 8.03. The van der Waals surface area contributed by atoms with Crippen LogP contribution >= 0.6 is 23.2 Å². The summed E-state index contributed by atoms with van der Waals surface area (Å²) in [6.07, 6.45) is 2.70. The summed E-state index contributed by atoms with van der Waals surface area (Å²) in [6.45, 7) is 1.53. The summed E-state index contributed by atoms with van der Waals surface area (Å²) in [6, 6.07) is 16.0. The van der Waals surface area contributed by atoms with E-state index < -0.39 is 0 Å². The van der Waals surface area contributed by atoms with Crippen molar-refractivity contribution in [2.75, 3.05) is 29.7 Å². The van der Waals surface area contributed by atoms with Gasteiger partial charge in [0, 0.05) is 48.1 Å². The number of Topliss-reactive ketones (excluding diaryl/α,β-unsaturated/α-hetero) is 1. The third kappa shape index (κ3) is 3.66. The molecule has 0 aliphatic heterocycles. The zero-order valence-corrected chi connectivity index (χ0v) is 14.9. The number of fused-ring (bicyclic) bond motifs is 1. The lowest BCUT2D eigenvalue weighted by atomic mass is 10.1. The number of carbonyl (C=O) groups excluding carboxylic acids is 1. The lowest BCUT2D eigenvalue weighted by molar-refractivity contribution is 0.104. The van der Waals surface area contributed by atoms with Crippen molar-refractivity contribution >= 4 is 40.7 Å². The van der Waals surface area contributed by atoms with Crippen LogP contribution in [-0.4, -0.2) is 30.6 Å². The molecule has 2 aromatic carbocycles. The standard InChI is InChI=1S/C20H19Cl2NO/c21-9-11-23(12-10-22)18-7-5-15(6-8-18)13-17-14-16-3-1-2-4-19(16)20(17)24/h1-8,13H,9-12,14H2. The van der Waals surface area contributed by atoms with E-state index in [0.717, 1.165) is 41.0 Å². The van der Waals surface area contributed by atoms with E-state index in [-0.39, 0.29) is 5.78 Å². The molecule has 0 unspecified atom stereocenters. The van der Waals surface area contributed by atoms with Crippen molar-refractivity contribution in [2.45, 2.75) is 6.42 Å². The lowest BCUT2D eigenvalue weighted by Crippen LogP contribution is -2.27. The molecule has 24 heavy (non-hydrogen) atoms. The summed E-state index contributed by atoms with van der Waals surface area (Å²) in [4.78, 5) is 14.6. The van der Waals surface area contributed by atoms with Crippen LogP contribution in [0.1, 0.15) is 21.5 Å². The van der Waals surface area contributed by atoms with Gasteiger partial charge in [-0.05, 0) is 29.3 Å². The molecule has 0 atom stereocenters. The number of alkyl halides is 2. The van der Waals surface area contributed by atoms with Crippen LogP contribution in [0.25, 0.3) is 6.08 Å². The second-order valence-electron chi connectivity index (χ2n) is 5.79. The van der Waals surface area contributed by atoms with Crippen molar-refractivity contribution in [3.63, 3.8) is 0 Å². The van der Waals surface area contributed by atoms with Gasteiger partial charge in [-0.1, -0.05) is 36.4 Å². The number of rotatable bonds is 6. The van der Waals surface area contributed by atoms with Gasteiger partial charge < -0.3 is 4.90 Å². The Balaban J connectivity index is 1.78. The second kappa shape index (κ2) is 7.87. The molecule has 0 amide bonds. The fourth-order valence-corrected chi connectivity index (χ4v) is 3.44. The Bertz CT molecular complexity index is 746. The molecule has 0 spiro atoms. The third-order valence-electron chi connectivity index (χ3n) is 4.24. The summed E-state index contributed by atoms with van der Waals surface area (Å²) in [5.74, 6) is 1.27. The first-order valence-corrected chi connectivity index (χ1v) is 9.10. The molecule has 124 valence electrons. The highest BCUT2D eigenvalue weighted by Crippen LogP contribution is 2.28. The van der Waals surface area contributed by atoms with Crippen molar-refractivity contribution < 1.29 is 4.79 Å². The van der Waals surface area contributed by atoms with E-state index >= 15 is 0 Å². The molecule has 1 aliphatic rings. The first kappa shape index (κ1) is 17.1. The number of ketones is 1. The molecule has 2 aromatic rings. The Morgan fingerprint density at radius 3 is 2.25 bits per heavy atom. The molecule has 0 saturated heterocycles. The maximum absolute atomic E-state index is 12.4. The van der Waals surface area contributed by atoms with Crippen LogP contribution in [-0.2, 0) is 6.42 Å². The van der Waals surface area contributed by atoms with E-state index in [1.807, 2.05) is 42.5 Å². The van der Waals surface area contributed by atoms with Crippen molar-refractivity contribution in [2.24, 2.45) is 0 Å². The van der Waals surface area contributed by atoms with Crippen LogP contribution in [0, 0.1) is 0 Å². The number of hydrogen-bond acceptors (Lipinski definition) is 2. The first-order chi connectivity index (χ1) is 11.7. The van der Waals surface area contributed by atoms with E-state index in [4.69, 9.17) is 23.2 Å². The maximum atomic E-state index is 12.4. The number of anilines is 1. The van der Waals surface area contributed by atoms with E-state index in [2.05, 4.69) is 17.0 Å². The SMILES string of the molecule is O=C1C(=Cc2ccc(N(CCCl)CCCl)cc2)Cc2ccccc21. The van der Waals surface area contributed by atoms with Gasteiger partial charge in [0.25, 0.3) is 0 Å². The van der Waals surface area contributed by atoms with Crippen LogP contribution in [0.15, 0.2) is 54.1 Å². The number of benzene rings is 2. The Hall–Kier alpha value is -1.77. The molecule has 0 fully saturated rings. The van der Waals surface area contributed by atoms with Gasteiger partial charge in [-0.2, -0.15) is 0 Å². The van der Waals surface area contributed by atoms with Gasteiger partial charge in [0.2, 0.25) is 0 Å². The fourth-order valence-electron chi connectivity index (χ4n) is 3.03. The van der Waals surface area contributed by atoms with Crippen LogP contribution in [0.2, 0.25) is 0 Å². The smallest absolute Gasteiger partial charge is 0.189 e. The molecule has 0 heterocycles. The molecule has 0 bridgehead atoms. The van der Waals surface area contributed by atoms with Crippen LogP contribution in [0.5, 0.6) is 0 Å². The number of carbonyl (C=O) groups is 1. The average molecular weight is 360 g/mol. The minimum atomic E-state index is 0.139. The molecule has 0 saturated carbocycles. The summed E-state index contributed by atoms with van der Waals surface area (Å²) in [5, 5.41) is 0. The molecular weight excluding hydrogens is 341 g/mol. The van der Waals surface area contributed by atoms with Gasteiger partial charge in [-0.3, -0.25) is 4.79 Å². The average Bonchev–Trinajstić information content (AvgIpc) is 2.92. The molecule has 0 aromatic heterocycles. The highest BCUT2D eigenvalue weighted by Gasteiger charge is 2.23. The van der Waals surface area contributed by atoms with E-state index in [1.54, 1.807) is 0 Å². The third-order valence-corrected chi connectivity index (χ3v) is 4.58. The van der Waals surface area contributed by atoms with Gasteiger partial charge in [-0.25, -0.2) is 0 Å². The fraction of sp³-hybridized carbons (Fsp3) is 0.250. The quantitative estimate of drug-likeness (QED) is 0.545. The van der Waals surface area contributed by atoms with Gasteiger partial charge in [0.1, 0.15) is 0 Å². The Labute approximate surface area is 152 Å². The maximum Gasteiger partial charge on any atom is 0.189 e. The van der Waals surface area contributed by atoms with Crippen LogP contribution < -0.4 is 4.90 Å². The van der Waals surface area contributed by atoms with Crippen molar-refractivity contribution in [3.05, 3.63) is 70.8 Å². The summed E-state index contributed by atoms with van der Waals surface area (Å²) in [5.41, 5.74) is 4.92. The minimum absolute atomic E-state index is 0.139. The van der Waals surface area contributed by atoms with Crippen molar-refractivity contribution in [3.8, 4) is 0 Å². The van der Waals surface area contributed by atoms with Gasteiger partial charge in [-0.15, -0.1) is 23.2 Å². The Morgan fingerprint density at radius 1 is 0.958 bits per heavy atom. The van der Waals surface area contributed by atoms with E-state index in [0.29, 0.717) is 18.2 Å². The van der Waals surface area contributed by atoms with E-state index in [9.17, 15) is 4.79 Å².